The van der Waals surface area contributed by atoms with Crippen molar-refractivity contribution in [1.82, 2.24) is 0 Å². The summed E-state index contributed by atoms with van der Waals surface area (Å²) in [6.07, 6.45) is 0.161. The molecule has 0 spiro atoms. The molecule has 0 saturated carbocycles. The number of nitrogens with zero attached hydrogens (tertiary/aromatic N) is 1. The summed E-state index contributed by atoms with van der Waals surface area (Å²) in [4.78, 5) is 11.4. The third-order valence-corrected chi connectivity index (χ3v) is 2.30. The van der Waals surface area contributed by atoms with Crippen LogP contribution in [0, 0.1) is 11.3 Å². The average molecular weight is 202 g/mol. The SMILES string of the molecule is CCC1Oc2cc(C#N)ccc2NC1=O. The molecule has 4 nitrogen and oxygen atoms in total. The van der Waals surface area contributed by atoms with Crippen molar-refractivity contribution in [2.24, 2.45) is 0 Å². The molecule has 1 aromatic carbocycles. The zero-order valence-electron chi connectivity index (χ0n) is 8.28. The summed E-state index contributed by atoms with van der Waals surface area (Å²) >= 11 is 0. The zero-order chi connectivity index (χ0) is 10.8. The number of hydrogen-bond acceptors (Lipinski definition) is 3. The van der Waals surface area contributed by atoms with Crippen molar-refractivity contribution in [3.63, 3.8) is 0 Å². The van der Waals surface area contributed by atoms with Gasteiger partial charge in [-0.25, -0.2) is 0 Å². The van der Waals surface area contributed by atoms with Crippen LogP contribution in [-0.4, -0.2) is 12.0 Å². The Morgan fingerprint density at radius 2 is 2.40 bits per heavy atom. The van der Waals surface area contributed by atoms with E-state index in [1.807, 2.05) is 13.0 Å². The Kier molecular flexibility index (Phi) is 2.30. The van der Waals surface area contributed by atoms with E-state index in [0.29, 0.717) is 23.4 Å². The summed E-state index contributed by atoms with van der Waals surface area (Å²) in [5.74, 6) is 0.440. The van der Waals surface area contributed by atoms with Crippen LogP contribution in [0.4, 0.5) is 5.69 Å². The first-order valence-electron chi connectivity index (χ1n) is 4.76. The van der Waals surface area contributed by atoms with Gasteiger partial charge in [0.2, 0.25) is 0 Å². The molecule has 1 amide bonds. The molecule has 1 aromatic rings. The Morgan fingerprint density at radius 3 is 3.07 bits per heavy atom. The summed E-state index contributed by atoms with van der Waals surface area (Å²) in [5, 5.41) is 11.5. The van der Waals surface area contributed by atoms with Crippen LogP contribution in [0.25, 0.3) is 0 Å². The number of ether oxygens (including phenoxy) is 1. The molecule has 1 atom stereocenters. The van der Waals surface area contributed by atoms with Crippen LogP contribution < -0.4 is 10.1 Å². The number of carbonyl (C=O) groups excluding carboxylic acids is 1. The Balaban J connectivity index is 2.38. The number of anilines is 1. The van der Waals surface area contributed by atoms with Crippen LogP contribution in [0.3, 0.4) is 0 Å². The Hall–Kier alpha value is -2.02. The highest BCUT2D eigenvalue weighted by Crippen LogP contribution is 2.30. The first kappa shape index (κ1) is 9.53. The summed E-state index contributed by atoms with van der Waals surface area (Å²) in [6.45, 7) is 1.88. The lowest BCUT2D eigenvalue weighted by Crippen LogP contribution is -2.36. The fourth-order valence-corrected chi connectivity index (χ4v) is 1.48. The van der Waals surface area contributed by atoms with Crippen LogP contribution in [0.5, 0.6) is 5.75 Å². The number of fused-ring (bicyclic) bond motifs is 1. The predicted molar refractivity (Wildman–Crippen MR) is 54.5 cm³/mol. The lowest BCUT2D eigenvalue weighted by atomic mass is 10.1. The topological polar surface area (TPSA) is 62.1 Å². The van der Waals surface area contributed by atoms with E-state index in [2.05, 4.69) is 5.32 Å². The van der Waals surface area contributed by atoms with Gasteiger partial charge in [0.05, 0.1) is 17.3 Å². The number of carbonyl (C=O) groups is 1. The van der Waals surface area contributed by atoms with E-state index < -0.39 is 6.10 Å². The van der Waals surface area contributed by atoms with Crippen molar-refractivity contribution >= 4 is 11.6 Å². The van der Waals surface area contributed by atoms with E-state index in [1.54, 1.807) is 18.2 Å². The minimum absolute atomic E-state index is 0.130. The van der Waals surface area contributed by atoms with E-state index >= 15 is 0 Å². The van der Waals surface area contributed by atoms with Gasteiger partial charge in [-0.2, -0.15) is 5.26 Å². The molecule has 0 aliphatic carbocycles. The zero-order valence-corrected chi connectivity index (χ0v) is 8.28. The summed E-state index contributed by atoms with van der Waals surface area (Å²) in [7, 11) is 0. The van der Waals surface area contributed by atoms with Crippen LogP contribution in [-0.2, 0) is 4.79 Å². The average Bonchev–Trinajstić information content (AvgIpc) is 2.27. The predicted octanol–water partition coefficient (Wildman–Crippen LogP) is 1.67. The maximum absolute atomic E-state index is 11.4. The van der Waals surface area contributed by atoms with Gasteiger partial charge in [0.1, 0.15) is 5.75 Å². The van der Waals surface area contributed by atoms with Gasteiger partial charge in [-0.05, 0) is 18.6 Å². The van der Waals surface area contributed by atoms with Crippen molar-refractivity contribution in [2.75, 3.05) is 5.32 Å². The Bertz CT molecular complexity index is 448. The van der Waals surface area contributed by atoms with E-state index in [1.165, 1.54) is 0 Å². The lowest BCUT2D eigenvalue weighted by Gasteiger charge is -2.24. The molecule has 1 N–H and O–H groups in total. The quantitative estimate of drug-likeness (QED) is 0.753. The summed E-state index contributed by atoms with van der Waals surface area (Å²) < 4.78 is 5.47. The summed E-state index contributed by atoms with van der Waals surface area (Å²) in [6, 6.07) is 6.99. The molecule has 2 rings (SSSR count). The largest absolute Gasteiger partial charge is 0.478 e. The fourth-order valence-electron chi connectivity index (χ4n) is 1.48. The van der Waals surface area contributed by atoms with E-state index in [9.17, 15) is 4.79 Å². The second-order valence-electron chi connectivity index (χ2n) is 3.33. The molecule has 0 saturated heterocycles. The molecule has 1 aliphatic rings. The van der Waals surface area contributed by atoms with Crippen LogP contribution in [0.2, 0.25) is 0 Å². The maximum atomic E-state index is 11.4. The molecule has 0 radical (unpaired) electrons. The molecule has 0 bridgehead atoms. The van der Waals surface area contributed by atoms with Crippen LogP contribution in [0.15, 0.2) is 18.2 Å². The van der Waals surface area contributed by atoms with Gasteiger partial charge in [0.15, 0.2) is 6.10 Å². The minimum atomic E-state index is -0.452. The number of nitrogens with one attached hydrogen (secondary N) is 1. The molecular weight excluding hydrogens is 192 g/mol. The van der Waals surface area contributed by atoms with Gasteiger partial charge < -0.3 is 10.1 Å². The highest BCUT2D eigenvalue weighted by atomic mass is 16.5. The van der Waals surface area contributed by atoms with Gasteiger partial charge in [-0.3, -0.25) is 4.79 Å². The van der Waals surface area contributed by atoms with Crippen molar-refractivity contribution in [3.05, 3.63) is 23.8 Å². The second kappa shape index (κ2) is 3.62. The third-order valence-electron chi connectivity index (χ3n) is 2.30. The first-order valence-corrected chi connectivity index (χ1v) is 4.76. The monoisotopic (exact) mass is 202 g/mol. The Labute approximate surface area is 87.5 Å². The molecule has 0 fully saturated rings. The van der Waals surface area contributed by atoms with Crippen molar-refractivity contribution in [3.8, 4) is 11.8 Å². The molecule has 1 aliphatic heterocycles. The van der Waals surface area contributed by atoms with E-state index in [0.717, 1.165) is 0 Å². The van der Waals surface area contributed by atoms with Gasteiger partial charge in [-0.1, -0.05) is 6.92 Å². The number of hydrogen-bond donors (Lipinski definition) is 1. The number of nitriles is 1. The van der Waals surface area contributed by atoms with Gasteiger partial charge in [-0.15, -0.1) is 0 Å². The smallest absolute Gasteiger partial charge is 0.265 e. The van der Waals surface area contributed by atoms with E-state index in [4.69, 9.17) is 10.00 Å². The van der Waals surface area contributed by atoms with Crippen LogP contribution in [0.1, 0.15) is 18.9 Å². The van der Waals surface area contributed by atoms with Gasteiger partial charge in [0, 0.05) is 6.07 Å². The number of amides is 1. The Morgan fingerprint density at radius 1 is 1.60 bits per heavy atom. The maximum Gasteiger partial charge on any atom is 0.265 e. The molecule has 15 heavy (non-hydrogen) atoms. The first-order chi connectivity index (χ1) is 7.24. The van der Waals surface area contributed by atoms with Crippen molar-refractivity contribution in [2.45, 2.75) is 19.4 Å². The third kappa shape index (κ3) is 1.64. The van der Waals surface area contributed by atoms with E-state index in [-0.39, 0.29) is 5.91 Å². The van der Waals surface area contributed by atoms with Crippen LogP contribution >= 0.6 is 0 Å². The normalized spacial score (nSPS) is 18.4. The molecule has 1 unspecified atom stereocenters. The fraction of sp³-hybridized carbons (Fsp3) is 0.273. The van der Waals surface area contributed by atoms with Gasteiger partial charge >= 0.3 is 0 Å². The number of benzene rings is 1. The van der Waals surface area contributed by atoms with Crippen molar-refractivity contribution < 1.29 is 9.53 Å². The van der Waals surface area contributed by atoms with Gasteiger partial charge in [0.25, 0.3) is 5.91 Å². The highest BCUT2D eigenvalue weighted by molar-refractivity contribution is 5.97. The molecule has 1 heterocycles. The minimum Gasteiger partial charge on any atom is -0.478 e. The molecular formula is C11H10N2O2. The second-order valence-corrected chi connectivity index (χ2v) is 3.33. The molecule has 4 heteroatoms. The lowest BCUT2D eigenvalue weighted by molar-refractivity contribution is -0.123. The molecule has 0 aromatic heterocycles. The van der Waals surface area contributed by atoms with Crippen molar-refractivity contribution in [1.29, 1.82) is 5.26 Å². The highest BCUT2D eigenvalue weighted by Gasteiger charge is 2.25. The standard InChI is InChI=1S/C11H10N2O2/c1-2-9-11(14)13-8-4-3-7(6-12)5-10(8)15-9/h3-5,9H,2H2,1H3,(H,13,14). The summed E-state index contributed by atoms with van der Waals surface area (Å²) in [5.41, 5.74) is 1.16. The molecule has 76 valence electrons. The number of rotatable bonds is 1.